The molecule has 8 nitrogen and oxygen atoms in total. The van der Waals surface area contributed by atoms with Crippen LogP contribution in [0.15, 0.2) is 49.1 Å². The van der Waals surface area contributed by atoms with Crippen molar-refractivity contribution in [2.75, 3.05) is 44.2 Å². The van der Waals surface area contributed by atoms with Crippen molar-refractivity contribution in [2.24, 2.45) is 0 Å². The summed E-state index contributed by atoms with van der Waals surface area (Å²) in [5, 5.41) is 2.76. The first-order chi connectivity index (χ1) is 14.1. The van der Waals surface area contributed by atoms with E-state index < -0.39 is 0 Å². The van der Waals surface area contributed by atoms with Gasteiger partial charge in [0.25, 0.3) is 5.91 Å². The molecule has 3 rings (SSSR count). The first-order valence-electron chi connectivity index (χ1n) is 9.62. The highest BCUT2D eigenvalue weighted by Gasteiger charge is 2.24. The Kier molecular flexibility index (Phi) is 6.78. The molecule has 0 aliphatic carbocycles. The van der Waals surface area contributed by atoms with Gasteiger partial charge >= 0.3 is 6.09 Å². The SMILES string of the molecule is C=CCNC(=O)c1cc(N2CCN(C(=O)OCC)CC2)nc(-c2ccccc2)n1. The first-order valence-corrected chi connectivity index (χ1v) is 9.62. The lowest BCUT2D eigenvalue weighted by Crippen LogP contribution is -2.49. The summed E-state index contributed by atoms with van der Waals surface area (Å²) in [5.41, 5.74) is 1.13. The van der Waals surface area contributed by atoms with Gasteiger partial charge in [-0.15, -0.1) is 6.58 Å². The molecular formula is C21H25N5O3. The Morgan fingerprint density at radius 1 is 1.17 bits per heavy atom. The van der Waals surface area contributed by atoms with Gasteiger partial charge in [-0.2, -0.15) is 0 Å². The van der Waals surface area contributed by atoms with Gasteiger partial charge in [-0.05, 0) is 6.92 Å². The third-order valence-corrected chi connectivity index (χ3v) is 4.51. The molecule has 0 spiro atoms. The number of ether oxygens (including phenoxy) is 1. The van der Waals surface area contributed by atoms with Crippen LogP contribution in [0.25, 0.3) is 11.4 Å². The average molecular weight is 395 g/mol. The maximum Gasteiger partial charge on any atom is 0.409 e. The van der Waals surface area contributed by atoms with Crippen LogP contribution in [-0.4, -0.2) is 66.2 Å². The molecule has 152 valence electrons. The van der Waals surface area contributed by atoms with E-state index in [1.807, 2.05) is 35.2 Å². The van der Waals surface area contributed by atoms with Crippen molar-refractivity contribution in [1.29, 1.82) is 0 Å². The van der Waals surface area contributed by atoms with Gasteiger partial charge in [0.15, 0.2) is 5.82 Å². The lowest BCUT2D eigenvalue weighted by molar-refractivity contribution is 0.0952. The van der Waals surface area contributed by atoms with Gasteiger partial charge in [-0.25, -0.2) is 14.8 Å². The normalized spacial score (nSPS) is 13.7. The minimum absolute atomic E-state index is 0.282. The minimum atomic E-state index is -0.302. The monoisotopic (exact) mass is 395 g/mol. The molecule has 29 heavy (non-hydrogen) atoms. The topological polar surface area (TPSA) is 87.7 Å². The van der Waals surface area contributed by atoms with E-state index in [2.05, 4.69) is 21.9 Å². The van der Waals surface area contributed by atoms with Crippen LogP contribution in [0.1, 0.15) is 17.4 Å². The van der Waals surface area contributed by atoms with Crippen LogP contribution in [-0.2, 0) is 4.74 Å². The molecule has 1 fully saturated rings. The number of hydrogen-bond acceptors (Lipinski definition) is 6. The number of rotatable bonds is 6. The van der Waals surface area contributed by atoms with Gasteiger partial charge in [0.05, 0.1) is 6.61 Å². The summed E-state index contributed by atoms with van der Waals surface area (Å²) >= 11 is 0. The number of aromatic nitrogens is 2. The van der Waals surface area contributed by atoms with Crippen molar-refractivity contribution in [3.8, 4) is 11.4 Å². The highest BCUT2D eigenvalue weighted by molar-refractivity contribution is 5.93. The standard InChI is InChI=1S/C21H25N5O3/c1-3-10-22-20(27)17-15-18(24-19(23-17)16-8-6-5-7-9-16)25-11-13-26(14-12-25)21(28)29-4-2/h3,5-9,15H,1,4,10-14H2,2H3,(H,22,27). The molecule has 8 heteroatoms. The van der Waals surface area contributed by atoms with Gasteiger partial charge in [-0.3, -0.25) is 4.79 Å². The van der Waals surface area contributed by atoms with Crippen molar-refractivity contribution in [2.45, 2.75) is 6.92 Å². The number of piperazine rings is 1. The van der Waals surface area contributed by atoms with E-state index in [1.54, 1.807) is 24.0 Å². The first kappa shape index (κ1) is 20.3. The number of hydrogen-bond donors (Lipinski definition) is 1. The molecule has 0 unspecified atom stereocenters. The molecule has 1 aliphatic rings. The Hall–Kier alpha value is -3.42. The maximum atomic E-state index is 12.5. The average Bonchev–Trinajstić information content (AvgIpc) is 2.78. The van der Waals surface area contributed by atoms with E-state index in [-0.39, 0.29) is 12.0 Å². The van der Waals surface area contributed by atoms with Crippen molar-refractivity contribution < 1.29 is 14.3 Å². The Morgan fingerprint density at radius 3 is 2.55 bits per heavy atom. The lowest BCUT2D eigenvalue weighted by atomic mass is 10.2. The van der Waals surface area contributed by atoms with Crippen molar-refractivity contribution >= 4 is 17.8 Å². The highest BCUT2D eigenvalue weighted by Crippen LogP contribution is 2.21. The predicted molar refractivity (Wildman–Crippen MR) is 111 cm³/mol. The maximum absolute atomic E-state index is 12.5. The number of carbonyl (C=O) groups excluding carboxylic acids is 2. The van der Waals surface area contributed by atoms with Crippen molar-refractivity contribution in [3.05, 3.63) is 54.7 Å². The van der Waals surface area contributed by atoms with Crippen LogP contribution in [0.2, 0.25) is 0 Å². The molecule has 1 aromatic heterocycles. The molecule has 2 heterocycles. The fraction of sp³-hybridized carbons (Fsp3) is 0.333. The number of nitrogens with zero attached hydrogens (tertiary/aromatic N) is 4. The zero-order chi connectivity index (χ0) is 20.6. The van der Waals surface area contributed by atoms with Gasteiger partial charge in [0.2, 0.25) is 0 Å². The molecule has 0 bridgehead atoms. The summed E-state index contributed by atoms with van der Waals surface area (Å²) in [6.45, 7) is 8.37. The fourth-order valence-electron chi connectivity index (χ4n) is 3.02. The summed E-state index contributed by atoms with van der Waals surface area (Å²) in [5.74, 6) is 0.863. The molecule has 0 radical (unpaired) electrons. The van der Waals surface area contributed by atoms with Gasteiger partial charge in [-0.1, -0.05) is 36.4 Å². The smallest absolute Gasteiger partial charge is 0.409 e. The number of amides is 2. The Labute approximate surface area is 170 Å². The van der Waals surface area contributed by atoms with Gasteiger partial charge in [0, 0.05) is 44.4 Å². The van der Waals surface area contributed by atoms with Gasteiger partial charge < -0.3 is 19.9 Å². The molecule has 2 amide bonds. The van der Waals surface area contributed by atoms with Gasteiger partial charge in [0.1, 0.15) is 11.5 Å². The Bertz CT molecular complexity index is 864. The molecule has 1 aromatic carbocycles. The van der Waals surface area contributed by atoms with E-state index in [0.717, 1.165) is 5.56 Å². The summed E-state index contributed by atoms with van der Waals surface area (Å²) in [6.07, 6.45) is 1.32. The number of nitrogens with one attached hydrogen (secondary N) is 1. The Balaban J connectivity index is 1.85. The number of anilines is 1. The number of benzene rings is 1. The molecule has 1 aliphatic heterocycles. The second-order valence-electron chi connectivity index (χ2n) is 6.47. The molecule has 0 atom stereocenters. The highest BCUT2D eigenvalue weighted by atomic mass is 16.6. The Morgan fingerprint density at radius 2 is 1.90 bits per heavy atom. The van der Waals surface area contributed by atoms with Crippen LogP contribution >= 0.6 is 0 Å². The zero-order valence-electron chi connectivity index (χ0n) is 16.5. The molecule has 2 aromatic rings. The molecule has 1 saturated heterocycles. The summed E-state index contributed by atoms with van der Waals surface area (Å²) < 4.78 is 5.07. The molecule has 0 saturated carbocycles. The van der Waals surface area contributed by atoms with E-state index in [1.165, 1.54) is 0 Å². The summed E-state index contributed by atoms with van der Waals surface area (Å²) in [7, 11) is 0. The second-order valence-corrected chi connectivity index (χ2v) is 6.47. The predicted octanol–water partition coefficient (Wildman–Crippen LogP) is 2.34. The zero-order valence-corrected chi connectivity index (χ0v) is 16.5. The molecular weight excluding hydrogens is 370 g/mol. The second kappa shape index (κ2) is 9.68. The van der Waals surface area contributed by atoms with E-state index >= 15 is 0 Å². The van der Waals surface area contributed by atoms with E-state index in [0.29, 0.717) is 56.7 Å². The number of carbonyl (C=O) groups is 2. The van der Waals surface area contributed by atoms with E-state index in [4.69, 9.17) is 4.74 Å². The lowest BCUT2D eigenvalue weighted by Gasteiger charge is -2.34. The van der Waals surface area contributed by atoms with E-state index in [9.17, 15) is 9.59 Å². The van der Waals surface area contributed by atoms with Crippen LogP contribution in [0.3, 0.4) is 0 Å². The van der Waals surface area contributed by atoms with Crippen LogP contribution in [0.4, 0.5) is 10.6 Å². The van der Waals surface area contributed by atoms with Crippen molar-refractivity contribution in [3.63, 3.8) is 0 Å². The van der Waals surface area contributed by atoms with Crippen LogP contribution < -0.4 is 10.2 Å². The van der Waals surface area contributed by atoms with Crippen molar-refractivity contribution in [1.82, 2.24) is 20.2 Å². The largest absolute Gasteiger partial charge is 0.450 e. The van der Waals surface area contributed by atoms with Crippen LogP contribution in [0.5, 0.6) is 0 Å². The molecule has 1 N–H and O–H groups in total. The summed E-state index contributed by atoms with van der Waals surface area (Å²) in [6, 6.07) is 11.2. The third kappa shape index (κ3) is 5.10. The quantitative estimate of drug-likeness (QED) is 0.756. The fourth-order valence-corrected chi connectivity index (χ4v) is 3.02. The van der Waals surface area contributed by atoms with Crippen LogP contribution in [0, 0.1) is 0 Å². The summed E-state index contributed by atoms with van der Waals surface area (Å²) in [4.78, 5) is 37.3. The third-order valence-electron chi connectivity index (χ3n) is 4.51. The minimum Gasteiger partial charge on any atom is -0.450 e.